The molecule has 1 aromatic heterocycles. The van der Waals surface area contributed by atoms with E-state index in [-0.39, 0.29) is 11.9 Å². The van der Waals surface area contributed by atoms with E-state index in [9.17, 15) is 4.39 Å². The molecule has 0 spiro atoms. The van der Waals surface area contributed by atoms with Gasteiger partial charge in [-0.3, -0.25) is 4.68 Å². The van der Waals surface area contributed by atoms with Gasteiger partial charge in [-0.15, -0.1) is 0 Å². The second kappa shape index (κ2) is 6.66. The number of hydrogen-bond acceptors (Lipinski definition) is 2. The Morgan fingerprint density at radius 1 is 1.35 bits per heavy atom. The highest BCUT2D eigenvalue weighted by Gasteiger charge is 2.17. The van der Waals surface area contributed by atoms with Gasteiger partial charge in [0.25, 0.3) is 0 Å². The van der Waals surface area contributed by atoms with E-state index in [0.29, 0.717) is 12.0 Å². The van der Waals surface area contributed by atoms with Gasteiger partial charge < -0.3 is 5.32 Å². The van der Waals surface area contributed by atoms with Gasteiger partial charge in [-0.2, -0.15) is 5.10 Å². The molecule has 2 rings (SSSR count). The minimum absolute atomic E-state index is 0.0373. The molecule has 3 nitrogen and oxygen atoms in total. The average Bonchev–Trinajstić information content (AvgIpc) is 2.83. The highest BCUT2D eigenvalue weighted by molar-refractivity contribution is 5.28. The molecule has 0 fully saturated rings. The molecule has 0 radical (unpaired) electrons. The van der Waals surface area contributed by atoms with Crippen molar-refractivity contribution >= 4 is 0 Å². The molecule has 0 aliphatic heterocycles. The lowest BCUT2D eigenvalue weighted by molar-refractivity contribution is 0.489. The van der Waals surface area contributed by atoms with Crippen molar-refractivity contribution in [2.24, 2.45) is 7.05 Å². The van der Waals surface area contributed by atoms with Gasteiger partial charge in [0, 0.05) is 31.3 Å². The summed E-state index contributed by atoms with van der Waals surface area (Å²) in [6.07, 6.45) is 3.63. The van der Waals surface area contributed by atoms with Gasteiger partial charge in [0.1, 0.15) is 5.82 Å². The Labute approximate surface area is 119 Å². The second-order valence-electron chi connectivity index (χ2n) is 5.17. The maximum absolute atomic E-state index is 14.3. The molecule has 0 saturated carbocycles. The molecule has 0 amide bonds. The Hall–Kier alpha value is -1.68. The normalized spacial score (nSPS) is 12.6. The summed E-state index contributed by atoms with van der Waals surface area (Å²) < 4.78 is 16.1. The van der Waals surface area contributed by atoms with E-state index in [0.717, 1.165) is 24.2 Å². The minimum atomic E-state index is -0.114. The first kappa shape index (κ1) is 14.7. The maximum atomic E-state index is 14.3. The van der Waals surface area contributed by atoms with Crippen molar-refractivity contribution in [3.8, 4) is 0 Å². The molecule has 1 heterocycles. The zero-order valence-electron chi connectivity index (χ0n) is 12.4. The SMILES string of the molecule is CCCNC(Cc1ccn(C)n1)c1cccc(C)c1F. The van der Waals surface area contributed by atoms with Gasteiger partial charge in [-0.1, -0.05) is 25.1 Å². The Bertz CT molecular complexity index is 563. The summed E-state index contributed by atoms with van der Waals surface area (Å²) in [5.74, 6) is -0.114. The first-order valence-corrected chi connectivity index (χ1v) is 7.08. The van der Waals surface area contributed by atoms with Crippen molar-refractivity contribution in [3.63, 3.8) is 0 Å². The van der Waals surface area contributed by atoms with Gasteiger partial charge in [0.15, 0.2) is 0 Å². The predicted molar refractivity (Wildman–Crippen MR) is 79.1 cm³/mol. The standard InChI is InChI=1S/C16H22FN3/c1-4-9-18-15(11-13-8-10-20(3)19-13)14-7-5-6-12(2)16(14)17/h5-8,10,15,18H,4,9,11H2,1-3H3. The number of aromatic nitrogens is 2. The van der Waals surface area contributed by atoms with Crippen molar-refractivity contribution < 1.29 is 4.39 Å². The fourth-order valence-corrected chi connectivity index (χ4v) is 2.33. The van der Waals surface area contributed by atoms with Gasteiger partial charge in [0.05, 0.1) is 5.69 Å². The van der Waals surface area contributed by atoms with E-state index in [1.54, 1.807) is 17.7 Å². The Morgan fingerprint density at radius 3 is 2.80 bits per heavy atom. The van der Waals surface area contributed by atoms with Gasteiger partial charge in [-0.05, 0) is 31.5 Å². The summed E-state index contributed by atoms with van der Waals surface area (Å²) >= 11 is 0. The highest BCUT2D eigenvalue weighted by Crippen LogP contribution is 2.22. The van der Waals surface area contributed by atoms with Gasteiger partial charge >= 0.3 is 0 Å². The Kier molecular flexibility index (Phi) is 4.90. The van der Waals surface area contributed by atoms with E-state index in [1.165, 1.54) is 0 Å². The zero-order valence-corrected chi connectivity index (χ0v) is 12.4. The molecular weight excluding hydrogens is 253 g/mol. The fraction of sp³-hybridized carbons (Fsp3) is 0.438. The third kappa shape index (κ3) is 3.45. The molecule has 0 bridgehead atoms. The van der Waals surface area contributed by atoms with Gasteiger partial charge in [-0.25, -0.2) is 4.39 Å². The minimum Gasteiger partial charge on any atom is -0.310 e. The molecule has 108 valence electrons. The van der Waals surface area contributed by atoms with Crippen LogP contribution in [0.3, 0.4) is 0 Å². The molecular formula is C16H22FN3. The molecule has 2 aromatic rings. The molecule has 1 atom stereocenters. The van der Waals surface area contributed by atoms with Crippen LogP contribution in [0.1, 0.15) is 36.2 Å². The van der Waals surface area contributed by atoms with Crippen LogP contribution in [0.25, 0.3) is 0 Å². The molecule has 1 N–H and O–H groups in total. The third-order valence-corrected chi connectivity index (χ3v) is 3.42. The lowest BCUT2D eigenvalue weighted by Crippen LogP contribution is -2.25. The lowest BCUT2D eigenvalue weighted by Gasteiger charge is -2.19. The Balaban J connectivity index is 2.24. The van der Waals surface area contributed by atoms with E-state index in [4.69, 9.17) is 0 Å². The first-order valence-electron chi connectivity index (χ1n) is 7.08. The zero-order chi connectivity index (χ0) is 14.5. The van der Waals surface area contributed by atoms with Crippen LogP contribution in [0.5, 0.6) is 0 Å². The third-order valence-electron chi connectivity index (χ3n) is 3.42. The van der Waals surface area contributed by atoms with Crippen LogP contribution in [-0.2, 0) is 13.5 Å². The van der Waals surface area contributed by atoms with Crippen LogP contribution in [0.4, 0.5) is 4.39 Å². The van der Waals surface area contributed by atoms with E-state index >= 15 is 0 Å². The number of rotatable bonds is 6. The van der Waals surface area contributed by atoms with Crippen LogP contribution in [0.15, 0.2) is 30.5 Å². The smallest absolute Gasteiger partial charge is 0.130 e. The predicted octanol–water partition coefficient (Wildman–Crippen LogP) is 3.15. The van der Waals surface area contributed by atoms with Crippen molar-refractivity contribution in [1.82, 2.24) is 15.1 Å². The number of halogens is 1. The number of nitrogens with one attached hydrogen (secondary N) is 1. The monoisotopic (exact) mass is 275 g/mol. The van der Waals surface area contributed by atoms with Crippen LogP contribution in [0, 0.1) is 12.7 Å². The van der Waals surface area contributed by atoms with Crippen molar-refractivity contribution in [2.75, 3.05) is 6.54 Å². The maximum Gasteiger partial charge on any atom is 0.130 e. The van der Waals surface area contributed by atoms with Crippen LogP contribution in [-0.4, -0.2) is 16.3 Å². The van der Waals surface area contributed by atoms with Gasteiger partial charge in [0.2, 0.25) is 0 Å². The van der Waals surface area contributed by atoms with Crippen molar-refractivity contribution in [1.29, 1.82) is 0 Å². The number of nitrogens with zero attached hydrogens (tertiary/aromatic N) is 2. The average molecular weight is 275 g/mol. The number of aryl methyl sites for hydroxylation is 2. The molecule has 0 aliphatic rings. The molecule has 20 heavy (non-hydrogen) atoms. The fourth-order valence-electron chi connectivity index (χ4n) is 2.33. The van der Waals surface area contributed by atoms with E-state index in [2.05, 4.69) is 17.3 Å². The van der Waals surface area contributed by atoms with Crippen molar-refractivity contribution in [2.45, 2.75) is 32.7 Å². The molecule has 4 heteroatoms. The summed E-state index contributed by atoms with van der Waals surface area (Å²) in [7, 11) is 1.89. The topological polar surface area (TPSA) is 29.9 Å². The number of hydrogen-bond donors (Lipinski definition) is 1. The Morgan fingerprint density at radius 2 is 2.15 bits per heavy atom. The van der Waals surface area contributed by atoms with Crippen LogP contribution >= 0.6 is 0 Å². The molecule has 0 aliphatic carbocycles. The molecule has 1 aromatic carbocycles. The lowest BCUT2D eigenvalue weighted by atomic mass is 9.99. The first-order chi connectivity index (χ1) is 9.61. The van der Waals surface area contributed by atoms with Crippen molar-refractivity contribution in [3.05, 3.63) is 53.1 Å². The van der Waals surface area contributed by atoms with Crippen LogP contribution < -0.4 is 5.32 Å². The molecule has 1 unspecified atom stereocenters. The quantitative estimate of drug-likeness (QED) is 0.877. The summed E-state index contributed by atoms with van der Waals surface area (Å²) in [6.45, 7) is 4.78. The summed E-state index contributed by atoms with van der Waals surface area (Å²) in [5.41, 5.74) is 2.39. The summed E-state index contributed by atoms with van der Waals surface area (Å²) in [4.78, 5) is 0. The highest BCUT2D eigenvalue weighted by atomic mass is 19.1. The summed E-state index contributed by atoms with van der Waals surface area (Å²) in [6, 6.07) is 7.51. The van der Waals surface area contributed by atoms with Crippen LogP contribution in [0.2, 0.25) is 0 Å². The van der Waals surface area contributed by atoms with E-state index < -0.39 is 0 Å². The number of benzene rings is 1. The van der Waals surface area contributed by atoms with E-state index in [1.807, 2.05) is 31.4 Å². The summed E-state index contributed by atoms with van der Waals surface area (Å²) in [5, 5.41) is 7.81. The molecule has 0 saturated heterocycles. The largest absolute Gasteiger partial charge is 0.310 e. The second-order valence-corrected chi connectivity index (χ2v) is 5.17.